The van der Waals surface area contributed by atoms with Crippen molar-refractivity contribution in [3.63, 3.8) is 0 Å². The number of benzene rings is 2. The number of aromatic amines is 1. The van der Waals surface area contributed by atoms with Crippen LogP contribution in [0.3, 0.4) is 0 Å². The van der Waals surface area contributed by atoms with Crippen molar-refractivity contribution in [1.29, 1.82) is 0 Å². The molecule has 0 spiro atoms. The van der Waals surface area contributed by atoms with Gasteiger partial charge in [-0.05, 0) is 42.0 Å². The molecule has 33 heavy (non-hydrogen) atoms. The molecule has 2 aromatic heterocycles. The predicted molar refractivity (Wildman–Crippen MR) is 127 cm³/mol. The van der Waals surface area contributed by atoms with Crippen LogP contribution in [0.4, 0.5) is 11.4 Å². The Morgan fingerprint density at radius 1 is 1.03 bits per heavy atom. The van der Waals surface area contributed by atoms with E-state index >= 15 is 0 Å². The van der Waals surface area contributed by atoms with Crippen LogP contribution in [0.2, 0.25) is 0 Å². The molecular formula is C25H23N5O3. The molecule has 0 aliphatic carbocycles. The zero-order chi connectivity index (χ0) is 22.8. The van der Waals surface area contributed by atoms with E-state index in [1.807, 2.05) is 36.4 Å². The lowest BCUT2D eigenvalue weighted by molar-refractivity contribution is 0.100. The molecule has 8 nitrogen and oxygen atoms in total. The Balaban J connectivity index is 1.49. The van der Waals surface area contributed by atoms with E-state index in [-0.39, 0.29) is 5.91 Å². The van der Waals surface area contributed by atoms with Gasteiger partial charge in [0.25, 0.3) is 5.91 Å². The van der Waals surface area contributed by atoms with Gasteiger partial charge in [0.05, 0.1) is 25.1 Å². The molecule has 0 saturated carbocycles. The van der Waals surface area contributed by atoms with Crippen LogP contribution in [0.5, 0.6) is 0 Å². The molecule has 5 rings (SSSR count). The SMILES string of the molecule is NC(=O)c1cccc(C(=O)Nc2cnc3[nH]ccc3c2)c1-c1ccc(N2CCOCC2)cc1. The highest BCUT2D eigenvalue weighted by atomic mass is 16.5. The Morgan fingerprint density at radius 3 is 2.55 bits per heavy atom. The van der Waals surface area contributed by atoms with E-state index in [4.69, 9.17) is 10.5 Å². The van der Waals surface area contributed by atoms with Crippen molar-refractivity contribution >= 4 is 34.2 Å². The van der Waals surface area contributed by atoms with Crippen LogP contribution in [0.25, 0.3) is 22.2 Å². The number of morpholine rings is 1. The number of anilines is 2. The second-order valence-corrected chi connectivity index (χ2v) is 7.83. The number of amides is 2. The van der Waals surface area contributed by atoms with Gasteiger partial charge in [0.15, 0.2) is 0 Å². The third-order valence-electron chi connectivity index (χ3n) is 5.76. The van der Waals surface area contributed by atoms with E-state index in [9.17, 15) is 9.59 Å². The summed E-state index contributed by atoms with van der Waals surface area (Å²) in [6.45, 7) is 3.04. The minimum atomic E-state index is -0.590. The number of carbonyl (C=O) groups is 2. The van der Waals surface area contributed by atoms with E-state index in [1.54, 1.807) is 30.6 Å². The van der Waals surface area contributed by atoms with Gasteiger partial charge in [0, 0.05) is 47.1 Å². The third-order valence-corrected chi connectivity index (χ3v) is 5.76. The molecule has 8 heteroatoms. The van der Waals surface area contributed by atoms with Gasteiger partial charge in [-0.2, -0.15) is 0 Å². The highest BCUT2D eigenvalue weighted by Gasteiger charge is 2.20. The van der Waals surface area contributed by atoms with Crippen LogP contribution in [-0.4, -0.2) is 48.1 Å². The number of ether oxygens (including phenoxy) is 1. The molecule has 2 amide bonds. The molecule has 2 aromatic carbocycles. The predicted octanol–water partition coefficient (Wildman–Crippen LogP) is 3.42. The van der Waals surface area contributed by atoms with Crippen molar-refractivity contribution in [3.8, 4) is 11.1 Å². The van der Waals surface area contributed by atoms with Gasteiger partial charge in [-0.25, -0.2) is 4.98 Å². The second kappa shape index (κ2) is 8.76. The summed E-state index contributed by atoms with van der Waals surface area (Å²) < 4.78 is 5.42. The number of hydrogen-bond acceptors (Lipinski definition) is 5. The lowest BCUT2D eigenvalue weighted by Gasteiger charge is -2.29. The maximum Gasteiger partial charge on any atom is 0.256 e. The molecule has 1 fully saturated rings. The number of nitrogens with zero attached hydrogens (tertiary/aromatic N) is 2. The van der Waals surface area contributed by atoms with E-state index in [1.165, 1.54) is 0 Å². The number of carbonyl (C=O) groups excluding carboxylic acids is 2. The van der Waals surface area contributed by atoms with Crippen molar-refractivity contribution in [2.75, 3.05) is 36.5 Å². The first-order valence-corrected chi connectivity index (χ1v) is 10.7. The molecule has 0 unspecified atom stereocenters. The lowest BCUT2D eigenvalue weighted by Crippen LogP contribution is -2.36. The van der Waals surface area contributed by atoms with Crippen LogP contribution in [-0.2, 0) is 4.74 Å². The number of aromatic nitrogens is 2. The van der Waals surface area contributed by atoms with Gasteiger partial charge in [-0.15, -0.1) is 0 Å². The molecule has 0 bridgehead atoms. The second-order valence-electron chi connectivity index (χ2n) is 7.83. The summed E-state index contributed by atoms with van der Waals surface area (Å²) in [7, 11) is 0. The van der Waals surface area contributed by atoms with Crippen LogP contribution in [0, 0.1) is 0 Å². The van der Waals surface area contributed by atoms with Crippen molar-refractivity contribution in [2.45, 2.75) is 0 Å². The number of nitrogens with one attached hydrogen (secondary N) is 2. The smallest absolute Gasteiger partial charge is 0.256 e. The van der Waals surface area contributed by atoms with Crippen LogP contribution in [0.1, 0.15) is 20.7 Å². The fourth-order valence-electron chi connectivity index (χ4n) is 4.12. The lowest BCUT2D eigenvalue weighted by atomic mass is 9.93. The summed E-state index contributed by atoms with van der Waals surface area (Å²) in [6, 6.07) is 16.5. The first-order valence-electron chi connectivity index (χ1n) is 10.7. The topological polar surface area (TPSA) is 113 Å². The van der Waals surface area contributed by atoms with Crippen LogP contribution < -0.4 is 16.0 Å². The molecule has 0 atom stereocenters. The van der Waals surface area contributed by atoms with E-state index < -0.39 is 5.91 Å². The fourth-order valence-corrected chi connectivity index (χ4v) is 4.12. The number of primary amides is 1. The molecule has 4 N–H and O–H groups in total. The highest BCUT2D eigenvalue weighted by Crippen LogP contribution is 2.31. The molecule has 3 heterocycles. The van der Waals surface area contributed by atoms with E-state index in [0.717, 1.165) is 35.4 Å². The zero-order valence-corrected chi connectivity index (χ0v) is 17.9. The number of rotatable bonds is 5. The minimum Gasteiger partial charge on any atom is -0.378 e. The summed E-state index contributed by atoms with van der Waals surface area (Å²) >= 11 is 0. The molecule has 1 saturated heterocycles. The van der Waals surface area contributed by atoms with Gasteiger partial charge in [0.2, 0.25) is 5.91 Å². The summed E-state index contributed by atoms with van der Waals surface area (Å²) in [5, 5.41) is 3.78. The Kier molecular flexibility index (Phi) is 5.50. The summed E-state index contributed by atoms with van der Waals surface area (Å²) in [5.41, 5.74) is 9.93. The van der Waals surface area contributed by atoms with Gasteiger partial charge in [0.1, 0.15) is 5.65 Å². The zero-order valence-electron chi connectivity index (χ0n) is 17.9. The first kappa shape index (κ1) is 20.7. The largest absolute Gasteiger partial charge is 0.378 e. The van der Waals surface area contributed by atoms with Gasteiger partial charge >= 0.3 is 0 Å². The monoisotopic (exact) mass is 441 g/mol. The Morgan fingerprint density at radius 2 is 1.79 bits per heavy atom. The molecule has 1 aliphatic heterocycles. The number of pyridine rings is 1. The normalized spacial score (nSPS) is 13.8. The minimum absolute atomic E-state index is 0.293. The Hall–Kier alpha value is -4.17. The van der Waals surface area contributed by atoms with Crippen LogP contribution in [0.15, 0.2) is 67.0 Å². The number of nitrogens with two attached hydrogens (primary N) is 1. The standard InChI is InChI=1S/C25H23N5O3/c26-23(31)20-2-1-3-21(25(32)29-18-14-17-8-9-27-24(17)28-15-18)22(20)16-4-6-19(7-5-16)30-10-12-33-13-11-30/h1-9,14-15H,10-13H2,(H2,26,31)(H,27,28)(H,29,32). The fraction of sp³-hybridized carbons (Fsp3) is 0.160. The number of H-pyrrole nitrogens is 1. The first-order chi connectivity index (χ1) is 16.1. The highest BCUT2D eigenvalue weighted by molar-refractivity contribution is 6.13. The summed E-state index contributed by atoms with van der Waals surface area (Å²) in [4.78, 5) is 35.0. The molecule has 166 valence electrons. The maximum atomic E-state index is 13.3. The molecular weight excluding hydrogens is 418 g/mol. The van der Waals surface area contributed by atoms with Gasteiger partial charge in [-0.3, -0.25) is 9.59 Å². The van der Waals surface area contributed by atoms with Crippen molar-refractivity contribution in [3.05, 3.63) is 78.1 Å². The Labute approximate surface area is 190 Å². The quantitative estimate of drug-likeness (QED) is 0.439. The van der Waals surface area contributed by atoms with Gasteiger partial charge < -0.3 is 25.7 Å². The summed E-state index contributed by atoms with van der Waals surface area (Å²) in [6.07, 6.45) is 3.38. The molecule has 0 radical (unpaired) electrons. The summed E-state index contributed by atoms with van der Waals surface area (Å²) in [5.74, 6) is -0.936. The van der Waals surface area contributed by atoms with E-state index in [0.29, 0.717) is 35.6 Å². The van der Waals surface area contributed by atoms with E-state index in [2.05, 4.69) is 20.2 Å². The number of fused-ring (bicyclic) bond motifs is 1. The third kappa shape index (κ3) is 4.16. The van der Waals surface area contributed by atoms with Crippen molar-refractivity contribution < 1.29 is 14.3 Å². The average Bonchev–Trinajstić information content (AvgIpc) is 3.32. The average molecular weight is 441 g/mol. The molecule has 4 aromatic rings. The number of hydrogen-bond donors (Lipinski definition) is 3. The van der Waals surface area contributed by atoms with Crippen molar-refractivity contribution in [1.82, 2.24) is 9.97 Å². The maximum absolute atomic E-state index is 13.3. The Bertz CT molecular complexity index is 1320. The molecule has 1 aliphatic rings. The van der Waals surface area contributed by atoms with Crippen molar-refractivity contribution in [2.24, 2.45) is 5.73 Å². The van der Waals surface area contributed by atoms with Gasteiger partial charge in [-0.1, -0.05) is 18.2 Å². The van der Waals surface area contributed by atoms with Crippen LogP contribution >= 0.6 is 0 Å².